The van der Waals surface area contributed by atoms with Crippen molar-refractivity contribution in [3.63, 3.8) is 0 Å². The van der Waals surface area contributed by atoms with Crippen LogP contribution in [0, 0.1) is 35.5 Å². The standard InChI is InChI=1S/C17H30O/c1-11(2)14-7-8-17(18)16(10-14)15-6-5-12(3)13(4)9-15/h11-16H,5-10H2,1-4H3. The van der Waals surface area contributed by atoms with E-state index >= 15 is 0 Å². The van der Waals surface area contributed by atoms with Gasteiger partial charge in [-0.15, -0.1) is 0 Å². The number of carbonyl (C=O) groups excluding carboxylic acids is 1. The Morgan fingerprint density at radius 2 is 1.72 bits per heavy atom. The predicted molar refractivity (Wildman–Crippen MR) is 76.3 cm³/mol. The zero-order valence-corrected chi connectivity index (χ0v) is 12.6. The summed E-state index contributed by atoms with van der Waals surface area (Å²) in [6.07, 6.45) is 7.11. The van der Waals surface area contributed by atoms with E-state index in [2.05, 4.69) is 27.7 Å². The molecule has 18 heavy (non-hydrogen) atoms. The molecule has 1 nitrogen and oxygen atoms in total. The minimum Gasteiger partial charge on any atom is -0.299 e. The Bertz CT molecular complexity index is 294. The van der Waals surface area contributed by atoms with Crippen LogP contribution in [0.25, 0.3) is 0 Å². The van der Waals surface area contributed by atoms with Crippen molar-refractivity contribution >= 4 is 5.78 Å². The minimum atomic E-state index is 0.404. The second-order valence-corrected chi connectivity index (χ2v) is 7.38. The molecule has 0 amide bonds. The molecule has 2 fully saturated rings. The summed E-state index contributed by atoms with van der Waals surface area (Å²) in [4.78, 5) is 12.2. The van der Waals surface area contributed by atoms with Crippen molar-refractivity contribution < 1.29 is 4.79 Å². The number of Topliss-reactive ketones (excluding diaryl/α,β-unsaturated/α-hetero) is 1. The van der Waals surface area contributed by atoms with Crippen molar-refractivity contribution in [3.05, 3.63) is 0 Å². The summed E-state index contributed by atoms with van der Waals surface area (Å²) in [6, 6.07) is 0. The van der Waals surface area contributed by atoms with Gasteiger partial charge in [-0.3, -0.25) is 4.79 Å². The van der Waals surface area contributed by atoms with Gasteiger partial charge >= 0.3 is 0 Å². The zero-order chi connectivity index (χ0) is 13.3. The van der Waals surface area contributed by atoms with Crippen molar-refractivity contribution in [1.29, 1.82) is 0 Å². The largest absolute Gasteiger partial charge is 0.299 e. The van der Waals surface area contributed by atoms with Gasteiger partial charge in [-0.25, -0.2) is 0 Å². The average Bonchev–Trinajstić information content (AvgIpc) is 2.33. The molecule has 0 spiro atoms. The summed E-state index contributed by atoms with van der Waals surface area (Å²) >= 11 is 0. The minimum absolute atomic E-state index is 0.404. The molecule has 0 saturated heterocycles. The number of hydrogen-bond acceptors (Lipinski definition) is 1. The van der Waals surface area contributed by atoms with Crippen LogP contribution in [0.5, 0.6) is 0 Å². The maximum Gasteiger partial charge on any atom is 0.136 e. The van der Waals surface area contributed by atoms with Gasteiger partial charge in [-0.05, 0) is 55.3 Å². The Morgan fingerprint density at radius 1 is 1.00 bits per heavy atom. The van der Waals surface area contributed by atoms with Crippen molar-refractivity contribution in [2.75, 3.05) is 0 Å². The van der Waals surface area contributed by atoms with E-state index in [1.807, 2.05) is 0 Å². The van der Waals surface area contributed by atoms with Crippen molar-refractivity contribution in [3.8, 4) is 0 Å². The Kier molecular flexibility index (Phi) is 4.50. The van der Waals surface area contributed by atoms with Crippen LogP contribution in [0.2, 0.25) is 0 Å². The van der Waals surface area contributed by atoms with E-state index in [1.165, 1.54) is 25.7 Å². The van der Waals surface area contributed by atoms with Crippen LogP contribution in [0.15, 0.2) is 0 Å². The molecule has 0 aromatic rings. The van der Waals surface area contributed by atoms with E-state index in [-0.39, 0.29) is 0 Å². The highest BCUT2D eigenvalue weighted by molar-refractivity contribution is 5.82. The first kappa shape index (κ1) is 14.1. The summed E-state index contributed by atoms with van der Waals surface area (Å²) in [7, 11) is 0. The maximum atomic E-state index is 12.2. The molecule has 0 aromatic heterocycles. The van der Waals surface area contributed by atoms with Gasteiger partial charge in [0.25, 0.3) is 0 Å². The second-order valence-electron chi connectivity index (χ2n) is 7.38. The Balaban J connectivity index is 1.99. The van der Waals surface area contributed by atoms with Crippen LogP contribution in [0.3, 0.4) is 0 Å². The number of rotatable bonds is 2. The lowest BCUT2D eigenvalue weighted by Gasteiger charge is -2.40. The van der Waals surface area contributed by atoms with Gasteiger partial charge in [0.15, 0.2) is 0 Å². The van der Waals surface area contributed by atoms with Crippen LogP contribution in [-0.2, 0) is 4.79 Å². The van der Waals surface area contributed by atoms with E-state index in [0.717, 1.165) is 36.5 Å². The summed E-state index contributed by atoms with van der Waals surface area (Å²) in [5, 5.41) is 0. The monoisotopic (exact) mass is 250 g/mol. The zero-order valence-electron chi connectivity index (χ0n) is 12.6. The lowest BCUT2D eigenvalue weighted by atomic mass is 9.64. The summed E-state index contributed by atoms with van der Waals surface area (Å²) in [5.41, 5.74) is 0. The normalized spacial score (nSPS) is 42.3. The Hall–Kier alpha value is -0.330. The lowest BCUT2D eigenvalue weighted by molar-refractivity contribution is -0.129. The van der Waals surface area contributed by atoms with Gasteiger partial charge in [0.1, 0.15) is 5.78 Å². The molecule has 5 unspecified atom stereocenters. The van der Waals surface area contributed by atoms with E-state index < -0.39 is 0 Å². The molecule has 104 valence electrons. The SMILES string of the molecule is CC(C)C1CCC(=O)C(C2CCC(C)C(C)C2)C1. The fourth-order valence-electron chi connectivity index (χ4n) is 4.10. The third kappa shape index (κ3) is 2.97. The summed E-state index contributed by atoms with van der Waals surface area (Å²) in [5.74, 6) is 4.91. The number of ketones is 1. The molecule has 2 saturated carbocycles. The fourth-order valence-corrected chi connectivity index (χ4v) is 4.10. The van der Waals surface area contributed by atoms with Gasteiger partial charge in [-0.1, -0.05) is 34.1 Å². The van der Waals surface area contributed by atoms with Crippen LogP contribution in [-0.4, -0.2) is 5.78 Å². The van der Waals surface area contributed by atoms with Gasteiger partial charge in [-0.2, -0.15) is 0 Å². The van der Waals surface area contributed by atoms with Crippen LogP contribution in [0.4, 0.5) is 0 Å². The fraction of sp³-hybridized carbons (Fsp3) is 0.941. The number of carbonyl (C=O) groups is 1. The Labute approximate surface area is 113 Å². The second kappa shape index (κ2) is 5.75. The Morgan fingerprint density at radius 3 is 2.33 bits per heavy atom. The average molecular weight is 250 g/mol. The molecule has 0 aliphatic heterocycles. The van der Waals surface area contributed by atoms with Crippen LogP contribution in [0.1, 0.15) is 66.2 Å². The number of hydrogen-bond donors (Lipinski definition) is 0. The van der Waals surface area contributed by atoms with Gasteiger partial charge in [0.2, 0.25) is 0 Å². The smallest absolute Gasteiger partial charge is 0.136 e. The molecule has 2 aliphatic rings. The quantitative estimate of drug-likeness (QED) is 0.694. The van der Waals surface area contributed by atoms with Crippen LogP contribution >= 0.6 is 0 Å². The summed E-state index contributed by atoms with van der Waals surface area (Å²) < 4.78 is 0. The van der Waals surface area contributed by atoms with Crippen LogP contribution < -0.4 is 0 Å². The van der Waals surface area contributed by atoms with Gasteiger partial charge < -0.3 is 0 Å². The first-order valence-corrected chi connectivity index (χ1v) is 8.01. The van der Waals surface area contributed by atoms with Crippen molar-refractivity contribution in [1.82, 2.24) is 0 Å². The third-order valence-electron chi connectivity index (χ3n) is 5.88. The molecule has 1 heteroatoms. The highest BCUT2D eigenvalue weighted by Crippen LogP contribution is 2.43. The lowest BCUT2D eigenvalue weighted by Crippen LogP contribution is -2.36. The molecule has 0 radical (unpaired) electrons. The molecule has 0 bridgehead atoms. The third-order valence-corrected chi connectivity index (χ3v) is 5.88. The van der Waals surface area contributed by atoms with Gasteiger partial charge in [0, 0.05) is 12.3 Å². The molecule has 5 atom stereocenters. The highest BCUT2D eigenvalue weighted by atomic mass is 16.1. The summed E-state index contributed by atoms with van der Waals surface area (Å²) in [6.45, 7) is 9.40. The highest BCUT2D eigenvalue weighted by Gasteiger charge is 2.38. The van der Waals surface area contributed by atoms with Crippen molar-refractivity contribution in [2.45, 2.75) is 66.2 Å². The molecule has 0 aromatic carbocycles. The van der Waals surface area contributed by atoms with Crippen molar-refractivity contribution in [2.24, 2.45) is 35.5 Å². The molecular weight excluding hydrogens is 220 g/mol. The van der Waals surface area contributed by atoms with E-state index in [4.69, 9.17) is 0 Å². The first-order chi connectivity index (χ1) is 8.49. The molecular formula is C17H30O. The molecule has 2 rings (SSSR count). The molecule has 0 N–H and O–H groups in total. The first-order valence-electron chi connectivity index (χ1n) is 8.01. The maximum absolute atomic E-state index is 12.2. The van der Waals surface area contributed by atoms with E-state index in [9.17, 15) is 4.79 Å². The topological polar surface area (TPSA) is 17.1 Å². The van der Waals surface area contributed by atoms with Gasteiger partial charge in [0.05, 0.1) is 0 Å². The van der Waals surface area contributed by atoms with E-state index in [1.54, 1.807) is 0 Å². The predicted octanol–water partition coefficient (Wildman–Crippen LogP) is 4.70. The van der Waals surface area contributed by atoms with E-state index in [0.29, 0.717) is 17.6 Å². The molecule has 2 aliphatic carbocycles. The molecule has 0 heterocycles.